The van der Waals surface area contributed by atoms with E-state index in [4.69, 9.17) is 16.3 Å². The van der Waals surface area contributed by atoms with Crippen molar-refractivity contribution in [2.24, 2.45) is 5.41 Å². The molecule has 0 radical (unpaired) electrons. The van der Waals surface area contributed by atoms with Gasteiger partial charge >= 0.3 is 5.97 Å². The van der Waals surface area contributed by atoms with E-state index < -0.39 is 18.1 Å². The van der Waals surface area contributed by atoms with Gasteiger partial charge < -0.3 is 9.64 Å². The lowest BCUT2D eigenvalue weighted by Gasteiger charge is -2.32. The number of likely N-dealkylation sites (N-methyl/N-ethyl adjacent to an activating group) is 1. The Kier molecular flexibility index (Phi) is 6.30. The molecule has 2 aromatic rings. The van der Waals surface area contributed by atoms with Crippen molar-refractivity contribution in [1.82, 2.24) is 10.2 Å². The largest absolute Gasteiger partial charge is 0.456 e. The van der Waals surface area contributed by atoms with E-state index in [1.807, 2.05) is 18.2 Å². The Balaban J connectivity index is 1.87. The van der Waals surface area contributed by atoms with Crippen LogP contribution in [0.2, 0.25) is 5.02 Å². The molecule has 6 heteroatoms. The number of halogens is 1. The van der Waals surface area contributed by atoms with E-state index in [1.54, 1.807) is 48.3 Å². The summed E-state index contributed by atoms with van der Waals surface area (Å²) < 4.78 is 5.85. The van der Waals surface area contributed by atoms with Crippen molar-refractivity contribution in [3.8, 4) is 0 Å². The van der Waals surface area contributed by atoms with Gasteiger partial charge in [0.25, 0.3) is 0 Å². The molecule has 1 amide bonds. The SMILES string of the molecule is CN1C(=O)[C@H]([C@@H](Cc2ccc(Cl)cc2)OC(=O)c2ccccc2)N[C@H]1C(C)(C)C. The van der Waals surface area contributed by atoms with Crippen LogP contribution in [0.5, 0.6) is 0 Å². The summed E-state index contributed by atoms with van der Waals surface area (Å²) in [6.45, 7) is 6.21. The summed E-state index contributed by atoms with van der Waals surface area (Å²) in [4.78, 5) is 27.4. The summed E-state index contributed by atoms with van der Waals surface area (Å²) in [7, 11) is 1.78. The Morgan fingerprint density at radius 3 is 2.31 bits per heavy atom. The predicted octanol–water partition coefficient (Wildman–Crippen LogP) is 3.91. The van der Waals surface area contributed by atoms with Crippen LogP contribution in [-0.2, 0) is 16.0 Å². The molecule has 2 aromatic carbocycles. The molecule has 0 bridgehead atoms. The van der Waals surface area contributed by atoms with Gasteiger partial charge in [-0.2, -0.15) is 0 Å². The summed E-state index contributed by atoms with van der Waals surface area (Å²) in [5.74, 6) is -0.522. The molecule has 1 heterocycles. The van der Waals surface area contributed by atoms with Gasteiger partial charge in [0.05, 0.1) is 11.7 Å². The molecular formula is C23H27ClN2O3. The van der Waals surface area contributed by atoms with Crippen LogP contribution in [0.4, 0.5) is 0 Å². The van der Waals surface area contributed by atoms with Gasteiger partial charge in [-0.25, -0.2) is 4.79 Å². The van der Waals surface area contributed by atoms with Gasteiger partial charge in [0.15, 0.2) is 0 Å². The average Bonchev–Trinajstić information content (AvgIpc) is 2.99. The molecule has 0 aliphatic carbocycles. The number of carbonyl (C=O) groups excluding carboxylic acids is 2. The molecule has 3 atom stereocenters. The summed E-state index contributed by atoms with van der Waals surface area (Å²) in [6.07, 6.45) is -0.390. The lowest BCUT2D eigenvalue weighted by atomic mass is 9.92. The smallest absolute Gasteiger partial charge is 0.338 e. The second kappa shape index (κ2) is 8.56. The van der Waals surface area contributed by atoms with Gasteiger partial charge in [-0.15, -0.1) is 0 Å². The highest BCUT2D eigenvalue weighted by molar-refractivity contribution is 6.30. The Hall–Kier alpha value is -2.37. The summed E-state index contributed by atoms with van der Waals surface area (Å²) in [5, 5.41) is 4.03. The number of rotatable bonds is 5. The normalized spacial score (nSPS) is 20.6. The zero-order chi connectivity index (χ0) is 21.2. The van der Waals surface area contributed by atoms with Crippen LogP contribution >= 0.6 is 11.6 Å². The molecular weight excluding hydrogens is 388 g/mol. The van der Waals surface area contributed by atoms with E-state index in [1.165, 1.54) is 0 Å². The summed E-state index contributed by atoms with van der Waals surface area (Å²) in [6, 6.07) is 15.6. The van der Waals surface area contributed by atoms with Crippen molar-refractivity contribution in [2.75, 3.05) is 7.05 Å². The standard InChI is InChI=1S/C23H27ClN2O3/c1-23(2,3)22-25-19(20(27)26(22)4)18(14-15-10-12-17(24)13-11-15)29-21(28)16-8-6-5-7-9-16/h5-13,18-19,22,25H,14H2,1-4H3/t18-,19+,22-/m1/s1. The fourth-order valence-corrected chi connectivity index (χ4v) is 3.78. The number of esters is 1. The summed E-state index contributed by atoms with van der Waals surface area (Å²) >= 11 is 5.99. The lowest BCUT2D eigenvalue weighted by molar-refractivity contribution is -0.131. The predicted molar refractivity (Wildman–Crippen MR) is 114 cm³/mol. The fourth-order valence-electron chi connectivity index (χ4n) is 3.66. The van der Waals surface area contributed by atoms with E-state index in [-0.39, 0.29) is 17.5 Å². The third-order valence-corrected chi connectivity index (χ3v) is 5.40. The summed E-state index contributed by atoms with van der Waals surface area (Å²) in [5.41, 5.74) is 1.24. The van der Waals surface area contributed by atoms with Gasteiger partial charge in [-0.3, -0.25) is 10.1 Å². The second-order valence-corrected chi connectivity index (χ2v) is 8.94. The second-order valence-electron chi connectivity index (χ2n) is 8.50. The molecule has 1 aliphatic heterocycles. The van der Waals surface area contributed by atoms with Crippen molar-refractivity contribution in [1.29, 1.82) is 0 Å². The molecule has 0 saturated carbocycles. The van der Waals surface area contributed by atoms with Crippen molar-refractivity contribution in [3.05, 3.63) is 70.7 Å². The maximum absolute atomic E-state index is 13.0. The molecule has 1 aliphatic rings. The number of hydrogen-bond donors (Lipinski definition) is 1. The van der Waals surface area contributed by atoms with E-state index in [2.05, 4.69) is 26.1 Å². The molecule has 0 spiro atoms. The third kappa shape index (κ3) is 4.98. The van der Waals surface area contributed by atoms with Gasteiger partial charge in [-0.1, -0.05) is 62.7 Å². The van der Waals surface area contributed by atoms with Crippen molar-refractivity contribution < 1.29 is 14.3 Å². The maximum Gasteiger partial charge on any atom is 0.338 e. The van der Waals surface area contributed by atoms with Gasteiger partial charge in [0.2, 0.25) is 5.91 Å². The van der Waals surface area contributed by atoms with Crippen molar-refractivity contribution in [3.63, 3.8) is 0 Å². The van der Waals surface area contributed by atoms with Crippen molar-refractivity contribution in [2.45, 2.75) is 45.5 Å². The van der Waals surface area contributed by atoms with Gasteiger partial charge in [0.1, 0.15) is 12.1 Å². The number of benzene rings is 2. The average molecular weight is 415 g/mol. The molecule has 1 N–H and O–H groups in total. The lowest BCUT2D eigenvalue weighted by Crippen LogP contribution is -2.48. The minimum atomic E-state index is -0.647. The van der Waals surface area contributed by atoms with Crippen molar-refractivity contribution >= 4 is 23.5 Å². The molecule has 3 rings (SSSR count). The Bertz CT molecular complexity index is 862. The van der Waals surface area contributed by atoms with Crippen LogP contribution in [0.15, 0.2) is 54.6 Å². The highest BCUT2D eigenvalue weighted by Crippen LogP contribution is 2.29. The van der Waals surface area contributed by atoms with Crippen LogP contribution in [0, 0.1) is 5.41 Å². The number of hydrogen-bond acceptors (Lipinski definition) is 4. The Morgan fingerprint density at radius 2 is 1.76 bits per heavy atom. The number of amides is 1. The Morgan fingerprint density at radius 1 is 1.14 bits per heavy atom. The van der Waals surface area contributed by atoms with E-state index >= 15 is 0 Å². The van der Waals surface area contributed by atoms with E-state index in [9.17, 15) is 9.59 Å². The first kappa shape index (κ1) is 21.3. The highest BCUT2D eigenvalue weighted by Gasteiger charge is 2.46. The van der Waals surface area contributed by atoms with Gasteiger partial charge in [-0.05, 0) is 35.2 Å². The first-order chi connectivity index (χ1) is 13.7. The number of nitrogens with zero attached hydrogens (tertiary/aromatic N) is 1. The quantitative estimate of drug-likeness (QED) is 0.753. The molecule has 29 heavy (non-hydrogen) atoms. The monoisotopic (exact) mass is 414 g/mol. The zero-order valence-corrected chi connectivity index (χ0v) is 17.9. The first-order valence-electron chi connectivity index (χ1n) is 9.70. The fraction of sp³-hybridized carbons (Fsp3) is 0.391. The molecule has 154 valence electrons. The molecule has 0 aromatic heterocycles. The van der Waals surface area contributed by atoms with Crippen LogP contribution in [0.1, 0.15) is 36.7 Å². The maximum atomic E-state index is 13.0. The molecule has 5 nitrogen and oxygen atoms in total. The zero-order valence-electron chi connectivity index (χ0n) is 17.2. The van der Waals surface area contributed by atoms with Gasteiger partial charge in [0, 0.05) is 18.5 Å². The topological polar surface area (TPSA) is 58.6 Å². The van der Waals surface area contributed by atoms with Crippen LogP contribution in [0.3, 0.4) is 0 Å². The van der Waals surface area contributed by atoms with E-state index in [0.29, 0.717) is 17.0 Å². The van der Waals surface area contributed by atoms with Crippen LogP contribution in [-0.4, -0.2) is 42.1 Å². The number of nitrogens with one attached hydrogen (secondary N) is 1. The first-order valence-corrected chi connectivity index (χ1v) is 10.1. The Labute approximate surface area is 177 Å². The van der Waals surface area contributed by atoms with E-state index in [0.717, 1.165) is 5.56 Å². The molecule has 1 saturated heterocycles. The number of carbonyl (C=O) groups is 2. The minimum absolute atomic E-state index is 0.0789. The number of ether oxygens (including phenoxy) is 1. The molecule has 0 unspecified atom stereocenters. The molecule has 1 fully saturated rings. The third-order valence-electron chi connectivity index (χ3n) is 5.15. The van der Waals surface area contributed by atoms with Crippen LogP contribution < -0.4 is 5.32 Å². The van der Waals surface area contributed by atoms with Crippen LogP contribution in [0.25, 0.3) is 0 Å². The minimum Gasteiger partial charge on any atom is -0.456 e. The highest BCUT2D eigenvalue weighted by atomic mass is 35.5.